The van der Waals surface area contributed by atoms with E-state index in [1.54, 1.807) is 0 Å². The first-order chi connectivity index (χ1) is 9.29. The maximum atomic E-state index is 6.07. The van der Waals surface area contributed by atoms with Crippen molar-refractivity contribution in [1.29, 1.82) is 0 Å². The Labute approximate surface area is 117 Å². The molecule has 2 unspecified atom stereocenters. The first kappa shape index (κ1) is 13.1. The molecule has 2 N–H and O–H groups in total. The number of nitrogens with two attached hydrogens (primary N) is 1. The first-order valence-electron chi connectivity index (χ1n) is 7.85. The van der Waals surface area contributed by atoms with Crippen molar-refractivity contribution < 1.29 is 0 Å². The number of piperidine rings is 1. The minimum atomic E-state index is 0.406. The second-order valence-corrected chi connectivity index (χ2v) is 6.28. The van der Waals surface area contributed by atoms with Gasteiger partial charge >= 0.3 is 0 Å². The highest BCUT2D eigenvalue weighted by atomic mass is 15.2. The fourth-order valence-electron chi connectivity index (χ4n) is 3.45. The maximum Gasteiger partial charge on any atom is 0.0473 e. The van der Waals surface area contributed by atoms with E-state index in [-0.39, 0.29) is 0 Å². The maximum absolute atomic E-state index is 6.07. The highest BCUT2D eigenvalue weighted by Crippen LogP contribution is 2.40. The molecule has 1 saturated carbocycles. The molecule has 1 aliphatic heterocycles. The summed E-state index contributed by atoms with van der Waals surface area (Å²) in [6.07, 6.45) is 6.76. The molecule has 0 aromatic heterocycles. The Bertz CT molecular complexity index is 408. The van der Waals surface area contributed by atoms with Crippen LogP contribution in [0.5, 0.6) is 0 Å². The Hall–Kier alpha value is -0.860. The zero-order valence-electron chi connectivity index (χ0n) is 12.0. The minimum Gasteiger partial charge on any atom is -0.329 e. The third-order valence-electron chi connectivity index (χ3n) is 4.85. The summed E-state index contributed by atoms with van der Waals surface area (Å²) in [4.78, 5) is 2.61. The zero-order valence-corrected chi connectivity index (χ0v) is 12.0. The van der Waals surface area contributed by atoms with Gasteiger partial charge in [-0.15, -0.1) is 0 Å². The predicted octanol–water partition coefficient (Wildman–Crippen LogP) is 3.44. The first-order valence-corrected chi connectivity index (χ1v) is 7.85. The molecule has 0 bridgehead atoms. The molecule has 1 aromatic carbocycles. The smallest absolute Gasteiger partial charge is 0.0473 e. The summed E-state index contributed by atoms with van der Waals surface area (Å²) in [5.41, 5.74) is 8.99. The molecular weight excluding hydrogens is 232 g/mol. The van der Waals surface area contributed by atoms with Crippen LogP contribution in [0, 0.1) is 0 Å². The van der Waals surface area contributed by atoms with Gasteiger partial charge in [-0.3, -0.25) is 4.90 Å². The molecular formula is C17H26N2. The lowest BCUT2D eigenvalue weighted by Gasteiger charge is -2.39. The van der Waals surface area contributed by atoms with E-state index in [1.165, 1.54) is 49.8 Å². The van der Waals surface area contributed by atoms with Gasteiger partial charge in [0.2, 0.25) is 0 Å². The Balaban J connectivity index is 1.76. The van der Waals surface area contributed by atoms with Gasteiger partial charge in [-0.25, -0.2) is 0 Å². The molecule has 104 valence electrons. The topological polar surface area (TPSA) is 29.3 Å². The van der Waals surface area contributed by atoms with Crippen LogP contribution in [0.1, 0.15) is 62.1 Å². The van der Waals surface area contributed by atoms with E-state index in [1.807, 2.05) is 0 Å². The van der Waals surface area contributed by atoms with Crippen molar-refractivity contribution in [1.82, 2.24) is 4.90 Å². The lowest BCUT2D eigenvalue weighted by molar-refractivity contribution is 0.109. The summed E-state index contributed by atoms with van der Waals surface area (Å²) in [7, 11) is 0. The average Bonchev–Trinajstić information content (AvgIpc) is 3.27. The van der Waals surface area contributed by atoms with Gasteiger partial charge < -0.3 is 5.73 Å². The Morgan fingerprint density at radius 2 is 1.89 bits per heavy atom. The number of hydrogen-bond donors (Lipinski definition) is 1. The second-order valence-electron chi connectivity index (χ2n) is 6.28. The van der Waals surface area contributed by atoms with Crippen molar-refractivity contribution in [2.75, 3.05) is 13.1 Å². The summed E-state index contributed by atoms with van der Waals surface area (Å²) < 4.78 is 0. The van der Waals surface area contributed by atoms with Crippen molar-refractivity contribution in [2.24, 2.45) is 5.73 Å². The molecule has 1 saturated heterocycles. The van der Waals surface area contributed by atoms with Crippen LogP contribution in [0.2, 0.25) is 0 Å². The van der Waals surface area contributed by atoms with E-state index in [9.17, 15) is 0 Å². The lowest BCUT2D eigenvalue weighted by atomic mass is 9.96. The summed E-state index contributed by atoms with van der Waals surface area (Å²) in [6.45, 7) is 4.28. The fourth-order valence-corrected chi connectivity index (χ4v) is 3.45. The molecule has 0 amide bonds. The van der Waals surface area contributed by atoms with Crippen molar-refractivity contribution in [2.45, 2.75) is 57.0 Å². The van der Waals surface area contributed by atoms with Gasteiger partial charge in [0.15, 0.2) is 0 Å². The second kappa shape index (κ2) is 5.64. The van der Waals surface area contributed by atoms with Crippen molar-refractivity contribution in [3.05, 3.63) is 35.4 Å². The van der Waals surface area contributed by atoms with Gasteiger partial charge in [0.1, 0.15) is 0 Å². The SMILES string of the molecule is CC1CCCCN1C(CN)c1ccc(C2CC2)cc1. The molecule has 0 radical (unpaired) electrons. The van der Waals surface area contributed by atoms with Gasteiger partial charge in [-0.05, 0) is 56.2 Å². The van der Waals surface area contributed by atoms with E-state index in [4.69, 9.17) is 5.73 Å². The molecule has 0 spiro atoms. The van der Waals surface area contributed by atoms with Crippen LogP contribution in [0.3, 0.4) is 0 Å². The number of hydrogen-bond acceptors (Lipinski definition) is 2. The van der Waals surface area contributed by atoms with Crippen LogP contribution in [-0.4, -0.2) is 24.0 Å². The van der Waals surface area contributed by atoms with Gasteiger partial charge in [0.25, 0.3) is 0 Å². The average molecular weight is 258 g/mol. The summed E-state index contributed by atoms with van der Waals surface area (Å²) in [5.74, 6) is 0.847. The lowest BCUT2D eigenvalue weighted by Crippen LogP contribution is -2.43. The van der Waals surface area contributed by atoms with Crippen LogP contribution < -0.4 is 5.73 Å². The predicted molar refractivity (Wildman–Crippen MR) is 80.2 cm³/mol. The monoisotopic (exact) mass is 258 g/mol. The van der Waals surface area contributed by atoms with Gasteiger partial charge in [0, 0.05) is 18.6 Å². The minimum absolute atomic E-state index is 0.406. The highest BCUT2D eigenvalue weighted by molar-refractivity contribution is 5.30. The van der Waals surface area contributed by atoms with Gasteiger partial charge in [-0.1, -0.05) is 30.7 Å². The van der Waals surface area contributed by atoms with Crippen molar-refractivity contribution >= 4 is 0 Å². The van der Waals surface area contributed by atoms with Crippen LogP contribution in [0.4, 0.5) is 0 Å². The summed E-state index contributed by atoms with van der Waals surface area (Å²) in [5, 5.41) is 0. The molecule has 1 aliphatic carbocycles. The van der Waals surface area contributed by atoms with E-state index in [0.717, 1.165) is 12.5 Å². The molecule has 1 aromatic rings. The van der Waals surface area contributed by atoms with Crippen LogP contribution in [-0.2, 0) is 0 Å². The largest absolute Gasteiger partial charge is 0.329 e. The van der Waals surface area contributed by atoms with Crippen LogP contribution >= 0.6 is 0 Å². The number of benzene rings is 1. The van der Waals surface area contributed by atoms with E-state index in [2.05, 4.69) is 36.1 Å². The van der Waals surface area contributed by atoms with Crippen LogP contribution in [0.15, 0.2) is 24.3 Å². The zero-order chi connectivity index (χ0) is 13.2. The third-order valence-corrected chi connectivity index (χ3v) is 4.85. The van der Waals surface area contributed by atoms with Gasteiger partial charge in [-0.2, -0.15) is 0 Å². The number of likely N-dealkylation sites (tertiary alicyclic amines) is 1. The third kappa shape index (κ3) is 2.85. The van der Waals surface area contributed by atoms with Crippen molar-refractivity contribution in [3.63, 3.8) is 0 Å². The standard InChI is InChI=1S/C17H26N2/c1-13-4-2-3-11-19(13)17(12-18)16-9-7-15(8-10-16)14-5-6-14/h7-10,13-14,17H,2-6,11-12,18H2,1H3. The van der Waals surface area contributed by atoms with Crippen molar-refractivity contribution in [3.8, 4) is 0 Å². The molecule has 19 heavy (non-hydrogen) atoms. The van der Waals surface area contributed by atoms with Gasteiger partial charge in [0.05, 0.1) is 0 Å². The Morgan fingerprint density at radius 3 is 2.47 bits per heavy atom. The normalized spacial score (nSPS) is 26.3. The molecule has 2 nitrogen and oxygen atoms in total. The molecule has 1 heterocycles. The molecule has 2 heteroatoms. The summed E-state index contributed by atoms with van der Waals surface area (Å²) in [6, 6.07) is 10.3. The molecule has 2 atom stereocenters. The number of nitrogens with zero attached hydrogens (tertiary/aromatic N) is 1. The fraction of sp³-hybridized carbons (Fsp3) is 0.647. The Morgan fingerprint density at radius 1 is 1.16 bits per heavy atom. The van der Waals surface area contributed by atoms with Crippen LogP contribution in [0.25, 0.3) is 0 Å². The quantitative estimate of drug-likeness (QED) is 0.896. The molecule has 2 fully saturated rings. The number of rotatable bonds is 4. The van der Waals surface area contributed by atoms with E-state index < -0.39 is 0 Å². The van der Waals surface area contributed by atoms with E-state index in [0.29, 0.717) is 12.1 Å². The Kier molecular flexibility index (Phi) is 3.90. The highest BCUT2D eigenvalue weighted by Gasteiger charge is 2.27. The molecule has 3 rings (SSSR count). The molecule has 2 aliphatic rings. The summed E-state index contributed by atoms with van der Waals surface area (Å²) >= 11 is 0. The van der Waals surface area contributed by atoms with E-state index >= 15 is 0 Å².